The molecule has 1 rings (SSSR count). The van der Waals surface area contributed by atoms with E-state index in [9.17, 15) is 0 Å². The van der Waals surface area contributed by atoms with E-state index in [0.29, 0.717) is 0 Å². The molecule has 0 fully saturated rings. The minimum Gasteiger partial charge on any atom is -2.00 e. The largest absolute Gasteiger partial charge is 2.00 e. The minimum atomic E-state index is 0. The van der Waals surface area contributed by atoms with Crippen molar-refractivity contribution in [1.29, 1.82) is 0 Å². The molecule has 1 aromatic rings. The third-order valence-corrected chi connectivity index (χ3v) is 0.940. The van der Waals surface area contributed by atoms with E-state index >= 15 is 0 Å². The van der Waals surface area contributed by atoms with Gasteiger partial charge in [0.2, 0.25) is 0 Å². The van der Waals surface area contributed by atoms with Gasteiger partial charge >= 0.3 is 19.5 Å². The van der Waals surface area contributed by atoms with Crippen LogP contribution in [0.15, 0.2) is 30.3 Å². The minimum absolute atomic E-state index is 0. The Morgan fingerprint density at radius 1 is 1.00 bits per heavy atom. The molecule has 0 aromatic heterocycles. The van der Waals surface area contributed by atoms with Crippen LogP contribution in [0.4, 0.5) is 0 Å². The maximum atomic E-state index is 2.08. The number of hydrogen-bond donors (Lipinski definition) is 0. The molecular formula is C7H8OZn. The van der Waals surface area contributed by atoms with Crippen LogP contribution in [0.25, 0.3) is 0 Å². The van der Waals surface area contributed by atoms with Crippen LogP contribution in [0.3, 0.4) is 0 Å². The zero-order chi connectivity index (χ0) is 5.11. The molecule has 0 bridgehead atoms. The van der Waals surface area contributed by atoms with Gasteiger partial charge in [-0.25, -0.2) is 0 Å². The van der Waals surface area contributed by atoms with Crippen LogP contribution in [0.5, 0.6) is 0 Å². The summed E-state index contributed by atoms with van der Waals surface area (Å²) in [6, 6.07) is 10.3. The molecule has 1 nitrogen and oxygen atoms in total. The third-order valence-electron chi connectivity index (χ3n) is 0.940. The Morgan fingerprint density at radius 3 is 1.67 bits per heavy atom. The Morgan fingerprint density at radius 2 is 1.44 bits per heavy atom. The van der Waals surface area contributed by atoms with Crippen LogP contribution in [-0.2, 0) is 25.0 Å². The van der Waals surface area contributed by atoms with Crippen molar-refractivity contribution in [3.8, 4) is 0 Å². The molecule has 0 heterocycles. The van der Waals surface area contributed by atoms with Crippen molar-refractivity contribution < 1.29 is 25.0 Å². The van der Waals surface area contributed by atoms with Crippen molar-refractivity contribution in [2.75, 3.05) is 0 Å². The van der Waals surface area contributed by atoms with Gasteiger partial charge in [0, 0.05) is 0 Å². The molecule has 0 atom stereocenters. The van der Waals surface area contributed by atoms with Crippen LogP contribution >= 0.6 is 0 Å². The Hall–Kier alpha value is -0.197. The van der Waals surface area contributed by atoms with Gasteiger partial charge < -0.3 is 5.48 Å². The summed E-state index contributed by atoms with van der Waals surface area (Å²) in [5, 5.41) is 0. The molecule has 9 heavy (non-hydrogen) atoms. The zero-order valence-corrected chi connectivity index (χ0v) is 8.47. The number of aryl methyl sites for hydroxylation is 1. The molecule has 0 amide bonds. The van der Waals surface area contributed by atoms with Crippen molar-refractivity contribution in [2.45, 2.75) is 6.92 Å². The summed E-state index contributed by atoms with van der Waals surface area (Å²) >= 11 is 0. The van der Waals surface area contributed by atoms with Crippen molar-refractivity contribution in [1.82, 2.24) is 0 Å². The molecule has 0 N–H and O–H groups in total. The Kier molecular flexibility index (Phi) is 7.63. The molecule has 0 unspecified atom stereocenters. The summed E-state index contributed by atoms with van der Waals surface area (Å²) in [4.78, 5) is 0. The summed E-state index contributed by atoms with van der Waals surface area (Å²) in [6.07, 6.45) is 0. The topological polar surface area (TPSA) is 28.5 Å². The van der Waals surface area contributed by atoms with E-state index in [4.69, 9.17) is 0 Å². The first kappa shape index (κ1) is 11.6. The van der Waals surface area contributed by atoms with Gasteiger partial charge in [0.1, 0.15) is 0 Å². The maximum Gasteiger partial charge on any atom is 2.00 e. The summed E-state index contributed by atoms with van der Waals surface area (Å²) in [5.74, 6) is 0. The molecule has 1 aromatic carbocycles. The van der Waals surface area contributed by atoms with Crippen molar-refractivity contribution in [2.24, 2.45) is 0 Å². The molecule has 0 aliphatic rings. The second-order valence-electron chi connectivity index (χ2n) is 1.65. The maximum absolute atomic E-state index is 2.08. The van der Waals surface area contributed by atoms with Gasteiger partial charge in [-0.15, -0.1) is 0 Å². The molecule has 2 heteroatoms. The summed E-state index contributed by atoms with van der Waals surface area (Å²) in [5.41, 5.74) is 1.32. The van der Waals surface area contributed by atoms with Gasteiger partial charge in [-0.1, -0.05) is 35.9 Å². The van der Waals surface area contributed by atoms with E-state index < -0.39 is 0 Å². The molecule has 0 saturated carbocycles. The fourth-order valence-corrected chi connectivity index (χ4v) is 0.534. The van der Waals surface area contributed by atoms with Gasteiger partial charge in [-0.3, -0.25) is 0 Å². The fraction of sp³-hybridized carbons (Fsp3) is 0.143. The van der Waals surface area contributed by atoms with E-state index in [1.165, 1.54) is 5.56 Å². The second-order valence-corrected chi connectivity index (χ2v) is 1.65. The van der Waals surface area contributed by atoms with Gasteiger partial charge in [0.25, 0.3) is 0 Å². The van der Waals surface area contributed by atoms with E-state index in [1.54, 1.807) is 0 Å². The number of benzene rings is 1. The average molecular weight is 174 g/mol. The molecular weight excluding hydrogens is 165 g/mol. The van der Waals surface area contributed by atoms with Crippen LogP contribution < -0.4 is 0 Å². The first-order valence-corrected chi connectivity index (χ1v) is 2.41. The van der Waals surface area contributed by atoms with Crippen LogP contribution in [-0.4, -0.2) is 0 Å². The Balaban J connectivity index is 0. The first-order valence-electron chi connectivity index (χ1n) is 2.41. The SMILES string of the molecule is Cc1ccccc1.[O-2].[Zn+2]. The molecule has 0 spiro atoms. The van der Waals surface area contributed by atoms with Gasteiger partial charge in [-0.05, 0) is 6.92 Å². The van der Waals surface area contributed by atoms with E-state index in [0.717, 1.165) is 0 Å². The third kappa shape index (κ3) is 4.32. The van der Waals surface area contributed by atoms with Gasteiger partial charge in [0.05, 0.1) is 0 Å². The molecule has 0 aliphatic carbocycles. The molecule has 0 aliphatic heterocycles. The predicted molar refractivity (Wildman–Crippen MR) is 31.9 cm³/mol. The quantitative estimate of drug-likeness (QED) is 0.536. The van der Waals surface area contributed by atoms with E-state index in [2.05, 4.69) is 19.1 Å². The van der Waals surface area contributed by atoms with Crippen molar-refractivity contribution >= 4 is 0 Å². The Labute approximate surface area is 68.2 Å². The Bertz CT molecular complexity index is 139. The van der Waals surface area contributed by atoms with Crippen molar-refractivity contribution in [3.05, 3.63) is 35.9 Å². The zero-order valence-electron chi connectivity index (χ0n) is 5.50. The normalized spacial score (nSPS) is 6.78. The summed E-state index contributed by atoms with van der Waals surface area (Å²) in [6.45, 7) is 2.08. The molecule has 44 valence electrons. The fourth-order valence-electron chi connectivity index (χ4n) is 0.534. The van der Waals surface area contributed by atoms with Gasteiger partial charge in [-0.2, -0.15) is 0 Å². The predicted octanol–water partition coefficient (Wildman–Crippen LogP) is 1.87. The smallest absolute Gasteiger partial charge is 2.00 e. The number of rotatable bonds is 0. The van der Waals surface area contributed by atoms with Crippen LogP contribution in [0.1, 0.15) is 5.56 Å². The average Bonchev–Trinajstić information content (AvgIpc) is 1.69. The summed E-state index contributed by atoms with van der Waals surface area (Å²) in [7, 11) is 0. The van der Waals surface area contributed by atoms with E-state index in [1.807, 2.05) is 18.2 Å². The molecule has 0 saturated heterocycles. The second kappa shape index (κ2) is 5.93. The summed E-state index contributed by atoms with van der Waals surface area (Å²) < 4.78 is 0. The first-order chi connectivity index (χ1) is 3.39. The number of hydrogen-bond acceptors (Lipinski definition) is 0. The molecule has 0 radical (unpaired) electrons. The standard InChI is InChI=1S/C7H8.O.Zn/c1-7-5-3-2-4-6-7;;/h2-6H,1H3;;/q;-2;+2. The van der Waals surface area contributed by atoms with E-state index in [-0.39, 0.29) is 25.0 Å². The monoisotopic (exact) mass is 172 g/mol. The van der Waals surface area contributed by atoms with Crippen LogP contribution in [0.2, 0.25) is 0 Å². The van der Waals surface area contributed by atoms with Crippen LogP contribution in [0, 0.1) is 6.92 Å². The van der Waals surface area contributed by atoms with Gasteiger partial charge in [0.15, 0.2) is 0 Å². The van der Waals surface area contributed by atoms with Crippen molar-refractivity contribution in [3.63, 3.8) is 0 Å².